The zero-order chi connectivity index (χ0) is 7.49. The molecule has 0 aromatic rings. The molecule has 0 saturated carbocycles. The Bertz CT molecular complexity index is 79.1. The lowest BCUT2D eigenvalue weighted by Gasteiger charge is -2.26. The van der Waals surface area contributed by atoms with Gasteiger partial charge in [0.1, 0.15) is 0 Å². The summed E-state index contributed by atoms with van der Waals surface area (Å²) in [5.74, 6) is 0. The third-order valence-corrected chi connectivity index (χ3v) is 3.34. The molecular weight excluding hydrogens is 248 g/mol. The second-order valence-electron chi connectivity index (χ2n) is 2.11. The van der Waals surface area contributed by atoms with Crippen LogP contribution in [0.1, 0.15) is 26.7 Å². The first-order valence-corrected chi connectivity index (χ1v) is 4.90. The minimum Gasteiger partial charge on any atom is -0.388 e. The second-order valence-corrected chi connectivity index (χ2v) is 5.17. The van der Waals surface area contributed by atoms with Crippen LogP contribution >= 0.6 is 31.9 Å². The zero-order valence-electron chi connectivity index (χ0n) is 5.69. The van der Waals surface area contributed by atoms with Gasteiger partial charge < -0.3 is 5.11 Å². The topological polar surface area (TPSA) is 20.2 Å². The van der Waals surface area contributed by atoms with E-state index >= 15 is 0 Å². The SMILES string of the molecule is CCC(O)(CC)C(Br)Br. The summed E-state index contributed by atoms with van der Waals surface area (Å²) >= 11 is 6.57. The summed E-state index contributed by atoms with van der Waals surface area (Å²) < 4.78 is 0.00694. The minimum atomic E-state index is -0.583. The summed E-state index contributed by atoms with van der Waals surface area (Å²) in [6, 6.07) is 0. The first-order chi connectivity index (χ1) is 4.06. The van der Waals surface area contributed by atoms with Crippen LogP contribution in [-0.4, -0.2) is 14.4 Å². The summed E-state index contributed by atoms with van der Waals surface area (Å²) in [6.45, 7) is 3.94. The number of alkyl halides is 2. The fourth-order valence-electron chi connectivity index (χ4n) is 0.559. The fraction of sp³-hybridized carbons (Fsp3) is 1.00. The van der Waals surface area contributed by atoms with Crippen LogP contribution in [0.25, 0.3) is 0 Å². The Morgan fingerprint density at radius 2 is 1.67 bits per heavy atom. The molecule has 0 fully saturated rings. The summed E-state index contributed by atoms with van der Waals surface area (Å²) in [5.41, 5.74) is -0.583. The highest BCUT2D eigenvalue weighted by molar-refractivity contribution is 9.24. The third-order valence-electron chi connectivity index (χ3n) is 1.63. The molecule has 0 aromatic carbocycles. The molecule has 56 valence electrons. The van der Waals surface area contributed by atoms with E-state index in [1.807, 2.05) is 13.8 Å². The molecule has 0 atom stereocenters. The van der Waals surface area contributed by atoms with Crippen LogP contribution in [0.4, 0.5) is 0 Å². The van der Waals surface area contributed by atoms with Crippen LogP contribution in [0.3, 0.4) is 0 Å². The molecular formula is C6H12Br2O. The lowest BCUT2D eigenvalue weighted by Crippen LogP contribution is -2.33. The van der Waals surface area contributed by atoms with Gasteiger partial charge in [0.05, 0.1) is 9.34 Å². The Morgan fingerprint density at radius 1 is 1.33 bits per heavy atom. The first-order valence-electron chi connectivity index (χ1n) is 3.07. The smallest absolute Gasteiger partial charge is 0.0983 e. The molecule has 3 heteroatoms. The number of aliphatic hydroxyl groups is 1. The van der Waals surface area contributed by atoms with Crippen molar-refractivity contribution in [3.63, 3.8) is 0 Å². The van der Waals surface area contributed by atoms with Crippen molar-refractivity contribution in [2.24, 2.45) is 0 Å². The lowest BCUT2D eigenvalue weighted by atomic mass is 10.0. The van der Waals surface area contributed by atoms with E-state index < -0.39 is 5.60 Å². The molecule has 0 saturated heterocycles. The van der Waals surface area contributed by atoms with Crippen LogP contribution in [-0.2, 0) is 0 Å². The summed E-state index contributed by atoms with van der Waals surface area (Å²) in [5, 5.41) is 9.61. The van der Waals surface area contributed by atoms with Gasteiger partial charge in [-0.3, -0.25) is 0 Å². The van der Waals surface area contributed by atoms with Crippen LogP contribution in [0.15, 0.2) is 0 Å². The Hall–Kier alpha value is 0.920. The monoisotopic (exact) mass is 258 g/mol. The predicted molar refractivity (Wildman–Crippen MR) is 47.2 cm³/mol. The number of rotatable bonds is 3. The van der Waals surface area contributed by atoms with Gasteiger partial charge in [-0.2, -0.15) is 0 Å². The maximum Gasteiger partial charge on any atom is 0.0983 e. The zero-order valence-corrected chi connectivity index (χ0v) is 8.87. The Labute approximate surface area is 73.1 Å². The molecule has 0 aliphatic carbocycles. The van der Waals surface area contributed by atoms with Crippen LogP contribution in [0.5, 0.6) is 0 Å². The highest BCUT2D eigenvalue weighted by Gasteiger charge is 2.28. The van der Waals surface area contributed by atoms with E-state index in [9.17, 15) is 5.11 Å². The maximum atomic E-state index is 9.61. The molecule has 9 heavy (non-hydrogen) atoms. The molecule has 0 radical (unpaired) electrons. The average Bonchev–Trinajstić information content (AvgIpc) is 1.86. The Morgan fingerprint density at radius 3 is 1.67 bits per heavy atom. The van der Waals surface area contributed by atoms with Gasteiger partial charge in [0.25, 0.3) is 0 Å². The summed E-state index contributed by atoms with van der Waals surface area (Å²) in [6.07, 6.45) is 1.54. The predicted octanol–water partition coefficient (Wildman–Crippen LogP) is 2.65. The van der Waals surface area contributed by atoms with Crippen LogP contribution in [0.2, 0.25) is 0 Å². The van der Waals surface area contributed by atoms with Crippen molar-refractivity contribution in [2.45, 2.75) is 36.0 Å². The van der Waals surface area contributed by atoms with Gasteiger partial charge in [-0.25, -0.2) is 0 Å². The van der Waals surface area contributed by atoms with E-state index in [1.54, 1.807) is 0 Å². The quantitative estimate of drug-likeness (QED) is 0.773. The van der Waals surface area contributed by atoms with E-state index in [4.69, 9.17) is 0 Å². The largest absolute Gasteiger partial charge is 0.388 e. The molecule has 0 heterocycles. The molecule has 0 aliphatic heterocycles. The van der Waals surface area contributed by atoms with Crippen LogP contribution < -0.4 is 0 Å². The fourth-order valence-corrected chi connectivity index (χ4v) is 1.85. The highest BCUT2D eigenvalue weighted by Crippen LogP contribution is 2.29. The molecule has 0 unspecified atom stereocenters. The van der Waals surface area contributed by atoms with Crippen molar-refractivity contribution in [1.29, 1.82) is 0 Å². The summed E-state index contributed by atoms with van der Waals surface area (Å²) in [4.78, 5) is 0. The summed E-state index contributed by atoms with van der Waals surface area (Å²) in [7, 11) is 0. The van der Waals surface area contributed by atoms with E-state index in [0.29, 0.717) is 0 Å². The minimum absolute atomic E-state index is 0.00694. The number of halogens is 2. The van der Waals surface area contributed by atoms with Gasteiger partial charge in [-0.15, -0.1) is 0 Å². The van der Waals surface area contributed by atoms with Crippen molar-refractivity contribution in [1.82, 2.24) is 0 Å². The molecule has 1 N–H and O–H groups in total. The van der Waals surface area contributed by atoms with E-state index in [1.165, 1.54) is 0 Å². The molecule has 0 spiro atoms. The van der Waals surface area contributed by atoms with Gasteiger partial charge in [0.2, 0.25) is 0 Å². The normalized spacial score (nSPS) is 12.7. The molecule has 0 aromatic heterocycles. The van der Waals surface area contributed by atoms with Gasteiger partial charge in [0, 0.05) is 0 Å². The van der Waals surface area contributed by atoms with Crippen molar-refractivity contribution in [3.8, 4) is 0 Å². The second kappa shape index (κ2) is 3.94. The Kier molecular flexibility index (Phi) is 4.34. The van der Waals surface area contributed by atoms with E-state index in [0.717, 1.165) is 12.8 Å². The Balaban J connectivity index is 3.92. The number of hydrogen-bond donors (Lipinski definition) is 1. The van der Waals surface area contributed by atoms with Gasteiger partial charge in [-0.1, -0.05) is 45.7 Å². The first kappa shape index (κ1) is 9.92. The van der Waals surface area contributed by atoms with Gasteiger partial charge >= 0.3 is 0 Å². The van der Waals surface area contributed by atoms with E-state index in [2.05, 4.69) is 31.9 Å². The van der Waals surface area contributed by atoms with Gasteiger partial charge in [-0.05, 0) is 12.8 Å². The van der Waals surface area contributed by atoms with Crippen molar-refractivity contribution in [2.75, 3.05) is 0 Å². The molecule has 0 aliphatic rings. The van der Waals surface area contributed by atoms with Crippen molar-refractivity contribution in [3.05, 3.63) is 0 Å². The van der Waals surface area contributed by atoms with Crippen molar-refractivity contribution >= 4 is 31.9 Å². The maximum absolute atomic E-state index is 9.61. The average molecular weight is 260 g/mol. The standard InChI is InChI=1S/C6H12Br2O/c1-3-6(9,4-2)5(7)8/h5,9H,3-4H2,1-2H3. The van der Waals surface area contributed by atoms with Crippen LogP contribution in [0, 0.1) is 0 Å². The van der Waals surface area contributed by atoms with E-state index in [-0.39, 0.29) is 3.74 Å². The molecule has 0 amide bonds. The molecule has 0 rings (SSSR count). The number of hydrogen-bond acceptors (Lipinski definition) is 1. The molecule has 1 nitrogen and oxygen atoms in total. The molecule has 0 bridgehead atoms. The van der Waals surface area contributed by atoms with Gasteiger partial charge in [0.15, 0.2) is 0 Å². The lowest BCUT2D eigenvalue weighted by molar-refractivity contribution is 0.0522. The third kappa shape index (κ3) is 2.56. The van der Waals surface area contributed by atoms with Crippen molar-refractivity contribution < 1.29 is 5.11 Å². The highest BCUT2D eigenvalue weighted by atomic mass is 79.9.